The van der Waals surface area contributed by atoms with E-state index in [4.69, 9.17) is 4.74 Å². The summed E-state index contributed by atoms with van der Waals surface area (Å²) in [5.41, 5.74) is 4.05. The van der Waals surface area contributed by atoms with Crippen molar-refractivity contribution in [1.82, 2.24) is 0 Å². The Balaban J connectivity index is 1.76. The molecule has 2 aromatic carbocycles. The minimum absolute atomic E-state index is 0.168. The van der Waals surface area contributed by atoms with Crippen LogP contribution in [0.2, 0.25) is 0 Å². The lowest BCUT2D eigenvalue weighted by molar-refractivity contribution is 0.102. The second-order valence-electron chi connectivity index (χ2n) is 4.67. The number of benzene rings is 2. The third-order valence-electron chi connectivity index (χ3n) is 3.29. The zero-order valence-electron chi connectivity index (χ0n) is 10.8. The minimum Gasteiger partial charge on any atom is -0.372 e. The molecule has 100 valence electrons. The average Bonchev–Trinajstić information content (AvgIpc) is 2.95. The van der Waals surface area contributed by atoms with Gasteiger partial charge in [0.25, 0.3) is 5.91 Å². The van der Waals surface area contributed by atoms with Crippen molar-refractivity contribution in [3.05, 3.63) is 64.7 Å². The number of nitrogens with one attached hydrogen (secondary N) is 1. The van der Waals surface area contributed by atoms with Gasteiger partial charge in [0.15, 0.2) is 0 Å². The summed E-state index contributed by atoms with van der Waals surface area (Å²) >= 11 is 0. The summed E-state index contributed by atoms with van der Waals surface area (Å²) in [5, 5.41) is 2.81. The number of amides is 1. The Hall–Kier alpha value is -2.46. The van der Waals surface area contributed by atoms with E-state index in [2.05, 4.69) is 5.32 Å². The Bertz CT molecular complexity index is 662. The Morgan fingerprint density at radius 1 is 1.05 bits per heavy atom. The minimum atomic E-state index is -0.168. The molecular formula is C16H13NO3. The van der Waals surface area contributed by atoms with Crippen molar-refractivity contribution in [2.75, 3.05) is 5.32 Å². The van der Waals surface area contributed by atoms with E-state index in [9.17, 15) is 9.59 Å². The third kappa shape index (κ3) is 2.46. The number of fused-ring (bicyclic) bond motifs is 1. The van der Waals surface area contributed by atoms with E-state index in [1.165, 1.54) is 0 Å². The molecule has 1 N–H and O–H groups in total. The van der Waals surface area contributed by atoms with E-state index in [1.54, 1.807) is 30.3 Å². The van der Waals surface area contributed by atoms with E-state index < -0.39 is 0 Å². The molecule has 4 nitrogen and oxygen atoms in total. The first-order chi connectivity index (χ1) is 9.76. The number of anilines is 1. The highest BCUT2D eigenvalue weighted by Crippen LogP contribution is 2.21. The van der Waals surface area contributed by atoms with Crippen LogP contribution in [0, 0.1) is 0 Å². The first-order valence-electron chi connectivity index (χ1n) is 6.32. The summed E-state index contributed by atoms with van der Waals surface area (Å²) in [6, 6.07) is 12.3. The fourth-order valence-electron chi connectivity index (χ4n) is 2.16. The SMILES string of the molecule is O=Cc1ccc(NC(=O)c2ccc3c(c2)COC3)cc1. The van der Waals surface area contributed by atoms with Gasteiger partial charge >= 0.3 is 0 Å². The summed E-state index contributed by atoms with van der Waals surface area (Å²) in [4.78, 5) is 22.7. The second-order valence-corrected chi connectivity index (χ2v) is 4.67. The second kappa shape index (κ2) is 5.27. The molecule has 0 radical (unpaired) electrons. The molecule has 0 unspecified atom stereocenters. The first-order valence-corrected chi connectivity index (χ1v) is 6.32. The molecule has 0 saturated carbocycles. The normalized spacial score (nSPS) is 12.8. The number of carbonyl (C=O) groups is 2. The Kier molecular flexibility index (Phi) is 3.31. The summed E-state index contributed by atoms with van der Waals surface area (Å²) in [5.74, 6) is -0.168. The Labute approximate surface area is 116 Å². The number of ether oxygens (including phenoxy) is 1. The number of carbonyl (C=O) groups excluding carboxylic acids is 2. The lowest BCUT2D eigenvalue weighted by Gasteiger charge is -2.06. The predicted octanol–water partition coefficient (Wildman–Crippen LogP) is 2.78. The van der Waals surface area contributed by atoms with E-state index in [0.29, 0.717) is 30.0 Å². The molecule has 0 atom stereocenters. The molecule has 1 amide bonds. The molecule has 20 heavy (non-hydrogen) atoms. The maximum atomic E-state index is 12.1. The quantitative estimate of drug-likeness (QED) is 0.870. The molecule has 0 aromatic heterocycles. The number of aldehydes is 1. The fraction of sp³-hybridized carbons (Fsp3) is 0.125. The molecule has 1 heterocycles. The van der Waals surface area contributed by atoms with E-state index in [0.717, 1.165) is 17.4 Å². The van der Waals surface area contributed by atoms with Crippen molar-refractivity contribution in [3.63, 3.8) is 0 Å². The molecular weight excluding hydrogens is 254 g/mol. The summed E-state index contributed by atoms with van der Waals surface area (Å²) in [6.45, 7) is 1.18. The summed E-state index contributed by atoms with van der Waals surface area (Å²) < 4.78 is 5.33. The molecule has 0 bridgehead atoms. The van der Waals surface area contributed by atoms with Crippen LogP contribution in [0.15, 0.2) is 42.5 Å². The third-order valence-corrected chi connectivity index (χ3v) is 3.29. The van der Waals surface area contributed by atoms with Gasteiger partial charge in [-0.1, -0.05) is 6.07 Å². The van der Waals surface area contributed by atoms with E-state index >= 15 is 0 Å². The van der Waals surface area contributed by atoms with Gasteiger partial charge in [-0.2, -0.15) is 0 Å². The van der Waals surface area contributed by atoms with Gasteiger partial charge in [0.1, 0.15) is 6.29 Å². The van der Waals surface area contributed by atoms with Gasteiger partial charge in [-0.15, -0.1) is 0 Å². The zero-order chi connectivity index (χ0) is 13.9. The lowest BCUT2D eigenvalue weighted by atomic mass is 10.1. The predicted molar refractivity (Wildman–Crippen MR) is 74.7 cm³/mol. The van der Waals surface area contributed by atoms with Crippen molar-refractivity contribution < 1.29 is 14.3 Å². The van der Waals surface area contributed by atoms with E-state index in [-0.39, 0.29) is 5.91 Å². The van der Waals surface area contributed by atoms with E-state index in [1.807, 2.05) is 12.1 Å². The van der Waals surface area contributed by atoms with Gasteiger partial charge in [0.05, 0.1) is 13.2 Å². The molecule has 4 heteroatoms. The molecule has 0 spiro atoms. The van der Waals surface area contributed by atoms with Crippen molar-refractivity contribution in [2.24, 2.45) is 0 Å². The van der Waals surface area contributed by atoms with Crippen LogP contribution in [0.5, 0.6) is 0 Å². The summed E-state index contributed by atoms with van der Waals surface area (Å²) in [7, 11) is 0. The van der Waals surface area contributed by atoms with Crippen LogP contribution in [0.25, 0.3) is 0 Å². The van der Waals surface area contributed by atoms with Crippen LogP contribution in [-0.4, -0.2) is 12.2 Å². The molecule has 0 saturated heterocycles. The highest BCUT2D eigenvalue weighted by Gasteiger charge is 2.14. The fourth-order valence-corrected chi connectivity index (χ4v) is 2.16. The van der Waals surface area contributed by atoms with Gasteiger partial charge in [-0.3, -0.25) is 9.59 Å². The smallest absolute Gasteiger partial charge is 0.255 e. The van der Waals surface area contributed by atoms with Crippen molar-refractivity contribution in [3.8, 4) is 0 Å². The highest BCUT2D eigenvalue weighted by atomic mass is 16.5. The topological polar surface area (TPSA) is 55.4 Å². The molecule has 1 aliphatic heterocycles. The van der Waals surface area contributed by atoms with Gasteiger partial charge in [-0.25, -0.2) is 0 Å². The van der Waals surface area contributed by atoms with Crippen LogP contribution in [0.1, 0.15) is 31.8 Å². The van der Waals surface area contributed by atoms with Gasteiger partial charge in [-0.05, 0) is 47.5 Å². The van der Waals surface area contributed by atoms with Crippen LogP contribution in [0.4, 0.5) is 5.69 Å². The van der Waals surface area contributed by atoms with Crippen molar-refractivity contribution in [2.45, 2.75) is 13.2 Å². The molecule has 3 rings (SSSR count). The maximum absolute atomic E-state index is 12.1. The number of hydrogen-bond acceptors (Lipinski definition) is 3. The number of hydrogen-bond donors (Lipinski definition) is 1. The molecule has 2 aromatic rings. The standard InChI is InChI=1S/C16H13NO3/c18-8-11-1-5-15(6-2-11)17-16(19)12-3-4-13-9-20-10-14(13)7-12/h1-8H,9-10H2,(H,17,19). The average molecular weight is 267 g/mol. The first kappa shape index (κ1) is 12.6. The lowest BCUT2D eigenvalue weighted by Crippen LogP contribution is -2.12. The van der Waals surface area contributed by atoms with Crippen molar-refractivity contribution >= 4 is 17.9 Å². The van der Waals surface area contributed by atoms with Gasteiger partial charge < -0.3 is 10.1 Å². The molecule has 0 aliphatic carbocycles. The van der Waals surface area contributed by atoms with Crippen molar-refractivity contribution in [1.29, 1.82) is 0 Å². The van der Waals surface area contributed by atoms with Crippen LogP contribution in [0.3, 0.4) is 0 Å². The van der Waals surface area contributed by atoms with Gasteiger partial charge in [0, 0.05) is 16.8 Å². The van der Waals surface area contributed by atoms with Gasteiger partial charge in [0.2, 0.25) is 0 Å². The summed E-state index contributed by atoms with van der Waals surface area (Å²) in [6.07, 6.45) is 0.770. The highest BCUT2D eigenvalue weighted by molar-refractivity contribution is 6.04. The Morgan fingerprint density at radius 2 is 1.80 bits per heavy atom. The molecule has 1 aliphatic rings. The largest absolute Gasteiger partial charge is 0.372 e. The molecule has 0 fully saturated rings. The monoisotopic (exact) mass is 267 g/mol. The van der Waals surface area contributed by atoms with Crippen LogP contribution >= 0.6 is 0 Å². The zero-order valence-corrected chi connectivity index (χ0v) is 10.8. The Morgan fingerprint density at radius 3 is 2.55 bits per heavy atom. The van der Waals surface area contributed by atoms with Crippen LogP contribution in [-0.2, 0) is 18.0 Å². The number of rotatable bonds is 3. The van der Waals surface area contributed by atoms with Crippen LogP contribution < -0.4 is 5.32 Å². The maximum Gasteiger partial charge on any atom is 0.255 e.